The third-order valence-corrected chi connectivity index (χ3v) is 5.24. The second-order valence-electron chi connectivity index (χ2n) is 7.33. The Kier molecular flexibility index (Phi) is 7.14. The first-order valence-electron chi connectivity index (χ1n) is 10.4. The number of ether oxygens (including phenoxy) is 2. The molecule has 0 heterocycles. The molecule has 0 radical (unpaired) electrons. The summed E-state index contributed by atoms with van der Waals surface area (Å²) < 4.78 is 26.4. The zero-order valence-corrected chi connectivity index (χ0v) is 16.7. The van der Waals surface area contributed by atoms with E-state index in [0.29, 0.717) is 18.8 Å². The van der Waals surface area contributed by atoms with Gasteiger partial charge in [-0.1, -0.05) is 51.7 Å². The van der Waals surface area contributed by atoms with Gasteiger partial charge in [0.25, 0.3) is 0 Å². The van der Waals surface area contributed by atoms with Crippen LogP contribution in [0.3, 0.4) is 0 Å². The van der Waals surface area contributed by atoms with Crippen LogP contribution < -0.4 is 9.47 Å². The van der Waals surface area contributed by atoms with Crippen LogP contribution in [0, 0.1) is 5.82 Å². The van der Waals surface area contributed by atoms with E-state index in [9.17, 15) is 4.39 Å². The zero-order chi connectivity index (χ0) is 19.1. The van der Waals surface area contributed by atoms with Crippen molar-refractivity contribution in [1.82, 2.24) is 0 Å². The van der Waals surface area contributed by atoms with Crippen LogP contribution in [0.25, 0.3) is 11.1 Å². The van der Waals surface area contributed by atoms with E-state index in [1.807, 2.05) is 12.1 Å². The van der Waals surface area contributed by atoms with Crippen LogP contribution in [0.2, 0.25) is 0 Å². The summed E-state index contributed by atoms with van der Waals surface area (Å²) >= 11 is 0. The highest BCUT2D eigenvalue weighted by Crippen LogP contribution is 2.39. The maximum Gasteiger partial charge on any atom is 0.168 e. The number of benzene rings is 2. The fourth-order valence-corrected chi connectivity index (χ4v) is 3.64. The summed E-state index contributed by atoms with van der Waals surface area (Å²) in [5, 5.41) is 0. The van der Waals surface area contributed by atoms with Crippen molar-refractivity contribution in [3.63, 3.8) is 0 Å². The minimum absolute atomic E-state index is 0.189. The van der Waals surface area contributed by atoms with E-state index in [4.69, 9.17) is 9.47 Å². The zero-order valence-electron chi connectivity index (χ0n) is 16.7. The van der Waals surface area contributed by atoms with Gasteiger partial charge in [0.05, 0.1) is 13.2 Å². The van der Waals surface area contributed by atoms with Gasteiger partial charge in [-0.15, -0.1) is 0 Å². The normalized spacial score (nSPS) is 12.4. The van der Waals surface area contributed by atoms with Crippen LogP contribution in [-0.4, -0.2) is 13.2 Å². The van der Waals surface area contributed by atoms with Crippen molar-refractivity contribution in [2.45, 2.75) is 65.2 Å². The van der Waals surface area contributed by atoms with Crippen molar-refractivity contribution in [2.24, 2.45) is 0 Å². The van der Waals surface area contributed by atoms with Crippen molar-refractivity contribution < 1.29 is 13.9 Å². The standard InChI is InChI=1S/C24H31FO2/c1-3-5-7-8-16-26-19-10-12-20-18(17-19)9-11-22-21(20)13-14-23(24(22)25)27-15-6-4-2/h10,12-14,17H,3-9,11,15-16H2,1-2H3. The molecule has 0 bridgehead atoms. The van der Waals surface area contributed by atoms with Gasteiger partial charge in [-0.25, -0.2) is 4.39 Å². The fourth-order valence-electron chi connectivity index (χ4n) is 3.64. The Morgan fingerprint density at radius 3 is 2.41 bits per heavy atom. The van der Waals surface area contributed by atoms with Crippen LogP contribution in [0.15, 0.2) is 30.3 Å². The summed E-state index contributed by atoms with van der Waals surface area (Å²) in [5.41, 5.74) is 4.14. The summed E-state index contributed by atoms with van der Waals surface area (Å²) in [6.45, 7) is 5.65. The lowest BCUT2D eigenvalue weighted by atomic mass is 9.85. The Labute approximate surface area is 162 Å². The third kappa shape index (κ3) is 4.82. The van der Waals surface area contributed by atoms with E-state index in [-0.39, 0.29) is 5.82 Å². The average molecular weight is 371 g/mol. The van der Waals surface area contributed by atoms with Crippen LogP contribution in [0.1, 0.15) is 63.5 Å². The maximum absolute atomic E-state index is 14.9. The number of fused-ring (bicyclic) bond motifs is 3. The Hall–Kier alpha value is -2.03. The lowest BCUT2D eigenvalue weighted by molar-refractivity contribution is 0.293. The molecule has 0 aliphatic heterocycles. The van der Waals surface area contributed by atoms with Crippen LogP contribution in [-0.2, 0) is 12.8 Å². The molecule has 0 saturated heterocycles. The number of halogens is 1. The van der Waals surface area contributed by atoms with Crippen LogP contribution >= 0.6 is 0 Å². The van der Waals surface area contributed by atoms with Gasteiger partial charge in [0, 0.05) is 0 Å². The van der Waals surface area contributed by atoms with E-state index < -0.39 is 0 Å². The predicted octanol–water partition coefficient (Wildman–Crippen LogP) is 6.73. The predicted molar refractivity (Wildman–Crippen MR) is 109 cm³/mol. The first kappa shape index (κ1) is 19.7. The molecule has 0 N–H and O–H groups in total. The smallest absolute Gasteiger partial charge is 0.168 e. The van der Waals surface area contributed by atoms with Gasteiger partial charge in [-0.3, -0.25) is 0 Å². The maximum atomic E-state index is 14.9. The molecule has 0 aromatic heterocycles. The Balaban J connectivity index is 1.71. The average Bonchev–Trinajstić information content (AvgIpc) is 2.69. The third-order valence-electron chi connectivity index (χ3n) is 5.24. The van der Waals surface area contributed by atoms with Gasteiger partial charge in [0.2, 0.25) is 0 Å². The summed E-state index contributed by atoms with van der Waals surface area (Å²) in [6, 6.07) is 9.99. The molecular formula is C24H31FO2. The minimum Gasteiger partial charge on any atom is -0.494 e. The Morgan fingerprint density at radius 2 is 1.59 bits per heavy atom. The number of rotatable bonds is 10. The molecular weight excluding hydrogens is 339 g/mol. The fraction of sp³-hybridized carbons (Fsp3) is 0.500. The molecule has 1 aliphatic carbocycles. The molecule has 3 rings (SSSR count). The number of hydrogen-bond donors (Lipinski definition) is 0. The molecule has 0 atom stereocenters. The van der Waals surface area contributed by atoms with Gasteiger partial charge in [0.15, 0.2) is 11.6 Å². The van der Waals surface area contributed by atoms with Gasteiger partial charge in [-0.2, -0.15) is 0 Å². The largest absolute Gasteiger partial charge is 0.494 e. The van der Waals surface area contributed by atoms with Crippen molar-refractivity contribution in [3.8, 4) is 22.6 Å². The highest BCUT2D eigenvalue weighted by atomic mass is 19.1. The lowest BCUT2D eigenvalue weighted by Crippen LogP contribution is -2.09. The van der Waals surface area contributed by atoms with E-state index in [1.54, 1.807) is 6.07 Å². The van der Waals surface area contributed by atoms with Crippen molar-refractivity contribution >= 4 is 0 Å². The molecule has 27 heavy (non-hydrogen) atoms. The topological polar surface area (TPSA) is 18.5 Å². The molecule has 0 amide bonds. The SMILES string of the molecule is CCCCCCOc1ccc2c(c1)CCc1c-2ccc(OCCCC)c1F. The molecule has 146 valence electrons. The van der Waals surface area contributed by atoms with E-state index >= 15 is 0 Å². The first-order valence-corrected chi connectivity index (χ1v) is 10.4. The summed E-state index contributed by atoms with van der Waals surface area (Å²) in [5.74, 6) is 1.12. The molecule has 2 aromatic rings. The van der Waals surface area contributed by atoms with Gasteiger partial charge < -0.3 is 9.47 Å². The Bertz CT molecular complexity index is 754. The second-order valence-corrected chi connectivity index (χ2v) is 7.33. The van der Waals surface area contributed by atoms with E-state index in [0.717, 1.165) is 54.7 Å². The number of unbranched alkanes of at least 4 members (excludes halogenated alkanes) is 4. The van der Waals surface area contributed by atoms with Crippen molar-refractivity contribution in [1.29, 1.82) is 0 Å². The summed E-state index contributed by atoms with van der Waals surface area (Å²) in [6.07, 6.45) is 8.35. The second kappa shape index (κ2) is 9.77. The molecule has 2 nitrogen and oxygen atoms in total. The summed E-state index contributed by atoms with van der Waals surface area (Å²) in [4.78, 5) is 0. The van der Waals surface area contributed by atoms with E-state index in [1.165, 1.54) is 24.8 Å². The molecule has 2 aromatic carbocycles. The molecule has 0 spiro atoms. The highest BCUT2D eigenvalue weighted by Gasteiger charge is 2.22. The Morgan fingerprint density at radius 1 is 0.815 bits per heavy atom. The lowest BCUT2D eigenvalue weighted by Gasteiger charge is -2.22. The first-order chi connectivity index (χ1) is 13.2. The van der Waals surface area contributed by atoms with Gasteiger partial charge in [-0.05, 0) is 66.1 Å². The van der Waals surface area contributed by atoms with Crippen molar-refractivity contribution in [2.75, 3.05) is 13.2 Å². The number of hydrogen-bond acceptors (Lipinski definition) is 2. The van der Waals surface area contributed by atoms with Crippen LogP contribution in [0.4, 0.5) is 4.39 Å². The summed E-state index contributed by atoms with van der Waals surface area (Å²) in [7, 11) is 0. The molecule has 0 fully saturated rings. The molecule has 1 aliphatic rings. The monoisotopic (exact) mass is 370 g/mol. The number of aryl methyl sites for hydroxylation is 1. The molecule has 3 heteroatoms. The highest BCUT2D eigenvalue weighted by molar-refractivity contribution is 5.75. The quantitative estimate of drug-likeness (QED) is 0.432. The van der Waals surface area contributed by atoms with E-state index in [2.05, 4.69) is 26.0 Å². The van der Waals surface area contributed by atoms with Gasteiger partial charge >= 0.3 is 0 Å². The molecule has 0 saturated carbocycles. The minimum atomic E-state index is -0.189. The van der Waals surface area contributed by atoms with Crippen molar-refractivity contribution in [3.05, 3.63) is 47.3 Å². The van der Waals surface area contributed by atoms with Gasteiger partial charge in [0.1, 0.15) is 5.75 Å². The van der Waals surface area contributed by atoms with Crippen LogP contribution in [0.5, 0.6) is 11.5 Å². The molecule has 0 unspecified atom stereocenters.